The van der Waals surface area contributed by atoms with E-state index in [9.17, 15) is 8.78 Å². The predicted octanol–water partition coefficient (Wildman–Crippen LogP) is 1.61. The summed E-state index contributed by atoms with van der Waals surface area (Å²) in [6, 6.07) is 2.18. The molecule has 12 heavy (non-hydrogen) atoms. The van der Waals surface area contributed by atoms with Gasteiger partial charge in [0.15, 0.2) is 0 Å². The number of nitrogens with zero attached hydrogens (tertiary/aromatic N) is 2. The Kier molecular flexibility index (Phi) is 2.90. The highest BCUT2D eigenvalue weighted by Gasteiger charge is 2.10. The van der Waals surface area contributed by atoms with E-state index in [2.05, 4.69) is 16.0 Å². The first-order valence-corrected chi connectivity index (χ1v) is 3.39. The molecular formula is C7H7F2N2O. The van der Waals surface area contributed by atoms with Crippen LogP contribution in [0.3, 0.4) is 0 Å². The summed E-state index contributed by atoms with van der Waals surface area (Å²) in [5, 5.41) is 0. The molecule has 0 spiro atoms. The second-order valence-corrected chi connectivity index (χ2v) is 1.92. The third-order valence-electron chi connectivity index (χ3n) is 1.08. The molecule has 1 heterocycles. The van der Waals surface area contributed by atoms with Crippen LogP contribution in [0, 0.1) is 6.07 Å². The minimum Gasteiger partial charge on any atom is -0.464 e. The molecule has 0 bridgehead atoms. The van der Waals surface area contributed by atoms with Crippen LogP contribution in [0.1, 0.15) is 19.0 Å². The van der Waals surface area contributed by atoms with E-state index >= 15 is 0 Å². The molecule has 1 rings (SSSR count). The minimum absolute atomic E-state index is 0.0356. The van der Waals surface area contributed by atoms with Gasteiger partial charge in [0.2, 0.25) is 0 Å². The van der Waals surface area contributed by atoms with Crippen LogP contribution in [-0.2, 0) is 0 Å². The average molecular weight is 173 g/mol. The third-order valence-corrected chi connectivity index (χ3v) is 1.08. The molecule has 0 saturated heterocycles. The van der Waals surface area contributed by atoms with Crippen LogP contribution in [0.5, 0.6) is 6.01 Å². The highest BCUT2D eigenvalue weighted by Crippen LogP contribution is 2.16. The van der Waals surface area contributed by atoms with Crippen molar-refractivity contribution < 1.29 is 13.5 Å². The van der Waals surface area contributed by atoms with Gasteiger partial charge in [-0.05, 0) is 6.92 Å². The van der Waals surface area contributed by atoms with Crippen molar-refractivity contribution in [3.63, 3.8) is 0 Å². The molecule has 0 aliphatic rings. The fraction of sp³-hybridized carbons (Fsp3) is 0.429. The van der Waals surface area contributed by atoms with Crippen LogP contribution in [0.4, 0.5) is 8.78 Å². The van der Waals surface area contributed by atoms with Crippen molar-refractivity contribution in [3.05, 3.63) is 18.0 Å². The second-order valence-electron chi connectivity index (χ2n) is 1.92. The molecule has 0 amide bonds. The van der Waals surface area contributed by atoms with E-state index in [4.69, 9.17) is 4.74 Å². The van der Waals surface area contributed by atoms with Crippen molar-refractivity contribution in [3.8, 4) is 6.01 Å². The summed E-state index contributed by atoms with van der Waals surface area (Å²) in [5.41, 5.74) is -0.437. The number of ether oxygens (including phenoxy) is 1. The van der Waals surface area contributed by atoms with Gasteiger partial charge in [-0.25, -0.2) is 13.8 Å². The average Bonchev–Trinajstić information content (AvgIpc) is 2.05. The molecule has 0 saturated carbocycles. The summed E-state index contributed by atoms with van der Waals surface area (Å²) in [7, 11) is 0. The zero-order valence-electron chi connectivity index (χ0n) is 6.42. The van der Waals surface area contributed by atoms with Gasteiger partial charge < -0.3 is 4.74 Å². The summed E-state index contributed by atoms with van der Waals surface area (Å²) >= 11 is 0. The van der Waals surface area contributed by atoms with Crippen LogP contribution >= 0.6 is 0 Å². The summed E-state index contributed by atoms with van der Waals surface area (Å²) in [5.74, 6) is 0. The molecule has 0 fully saturated rings. The Morgan fingerprint density at radius 1 is 1.67 bits per heavy atom. The van der Waals surface area contributed by atoms with Crippen LogP contribution in [-0.4, -0.2) is 16.6 Å². The molecule has 0 N–H and O–H groups in total. The molecule has 0 aliphatic carbocycles. The van der Waals surface area contributed by atoms with E-state index in [-0.39, 0.29) is 6.01 Å². The van der Waals surface area contributed by atoms with Gasteiger partial charge in [0, 0.05) is 12.3 Å². The molecule has 1 aromatic rings. The lowest BCUT2D eigenvalue weighted by Crippen LogP contribution is -2.00. The fourth-order valence-corrected chi connectivity index (χ4v) is 0.628. The molecule has 0 aromatic carbocycles. The number of hydrogen-bond acceptors (Lipinski definition) is 3. The SMILES string of the molecule is CCOc1nc[c]c(C(F)F)n1. The monoisotopic (exact) mass is 173 g/mol. The van der Waals surface area contributed by atoms with Crippen molar-refractivity contribution in [1.82, 2.24) is 9.97 Å². The highest BCUT2D eigenvalue weighted by atomic mass is 19.3. The van der Waals surface area contributed by atoms with Gasteiger partial charge >= 0.3 is 6.01 Å². The van der Waals surface area contributed by atoms with E-state index in [0.29, 0.717) is 6.61 Å². The topological polar surface area (TPSA) is 35.0 Å². The lowest BCUT2D eigenvalue weighted by molar-refractivity contribution is 0.143. The molecule has 5 heteroatoms. The summed E-state index contributed by atoms with van der Waals surface area (Å²) in [6.07, 6.45) is -1.51. The number of halogens is 2. The molecular weight excluding hydrogens is 166 g/mol. The fourth-order valence-electron chi connectivity index (χ4n) is 0.628. The number of aromatic nitrogens is 2. The summed E-state index contributed by atoms with van der Waals surface area (Å²) < 4.78 is 28.8. The minimum atomic E-state index is -2.63. The molecule has 65 valence electrons. The van der Waals surface area contributed by atoms with Crippen LogP contribution in [0.25, 0.3) is 0 Å². The first kappa shape index (κ1) is 8.83. The largest absolute Gasteiger partial charge is 0.464 e. The van der Waals surface area contributed by atoms with Gasteiger partial charge in [-0.3, -0.25) is 0 Å². The van der Waals surface area contributed by atoms with E-state index in [1.807, 2.05) is 0 Å². The van der Waals surface area contributed by atoms with Gasteiger partial charge in [-0.1, -0.05) is 0 Å². The van der Waals surface area contributed by atoms with Crippen molar-refractivity contribution in [2.75, 3.05) is 6.61 Å². The Morgan fingerprint density at radius 2 is 2.42 bits per heavy atom. The smallest absolute Gasteiger partial charge is 0.316 e. The Hall–Kier alpha value is -1.26. The number of hydrogen-bond donors (Lipinski definition) is 0. The molecule has 0 unspecified atom stereocenters. The highest BCUT2D eigenvalue weighted by molar-refractivity contribution is 5.04. The number of rotatable bonds is 3. The van der Waals surface area contributed by atoms with E-state index in [1.165, 1.54) is 0 Å². The number of alkyl halides is 2. The van der Waals surface area contributed by atoms with Gasteiger partial charge in [0.1, 0.15) is 5.69 Å². The summed E-state index contributed by atoms with van der Waals surface area (Å²) in [6.45, 7) is 2.08. The Labute approximate surface area is 68.4 Å². The maximum absolute atomic E-state index is 12.0. The zero-order chi connectivity index (χ0) is 8.97. The third kappa shape index (κ3) is 2.11. The van der Waals surface area contributed by atoms with Gasteiger partial charge in [0.25, 0.3) is 6.43 Å². The van der Waals surface area contributed by atoms with Crippen molar-refractivity contribution in [1.29, 1.82) is 0 Å². The predicted molar refractivity (Wildman–Crippen MR) is 37.0 cm³/mol. The molecule has 3 nitrogen and oxygen atoms in total. The molecule has 0 aliphatic heterocycles. The lowest BCUT2D eigenvalue weighted by Gasteiger charge is -2.01. The maximum atomic E-state index is 12.0. The summed E-state index contributed by atoms with van der Waals surface area (Å²) in [4.78, 5) is 7.01. The van der Waals surface area contributed by atoms with Crippen molar-refractivity contribution in [2.45, 2.75) is 13.3 Å². The van der Waals surface area contributed by atoms with E-state index < -0.39 is 12.1 Å². The van der Waals surface area contributed by atoms with Crippen molar-refractivity contribution >= 4 is 0 Å². The van der Waals surface area contributed by atoms with Gasteiger partial charge in [-0.15, -0.1) is 0 Å². The van der Waals surface area contributed by atoms with Gasteiger partial charge in [-0.2, -0.15) is 4.98 Å². The Bertz CT molecular complexity index is 255. The Balaban J connectivity index is 2.81. The molecule has 1 aromatic heterocycles. The van der Waals surface area contributed by atoms with Crippen molar-refractivity contribution in [2.24, 2.45) is 0 Å². The molecule has 1 radical (unpaired) electrons. The van der Waals surface area contributed by atoms with Crippen LogP contribution < -0.4 is 4.74 Å². The lowest BCUT2D eigenvalue weighted by atomic mass is 10.4. The maximum Gasteiger partial charge on any atom is 0.316 e. The standard InChI is InChI=1S/C7H7F2N2O/c1-2-12-7-10-4-3-5(11-7)6(8)9/h4,6H,2H2,1H3. The first-order chi connectivity index (χ1) is 5.74. The zero-order valence-corrected chi connectivity index (χ0v) is 6.42. The van der Waals surface area contributed by atoms with Crippen LogP contribution in [0.15, 0.2) is 6.20 Å². The van der Waals surface area contributed by atoms with E-state index in [0.717, 1.165) is 6.20 Å². The normalized spacial score (nSPS) is 10.3. The second kappa shape index (κ2) is 3.94. The molecule has 0 atom stereocenters. The quantitative estimate of drug-likeness (QED) is 0.696. The first-order valence-electron chi connectivity index (χ1n) is 3.39. The van der Waals surface area contributed by atoms with E-state index in [1.54, 1.807) is 6.92 Å². The van der Waals surface area contributed by atoms with Crippen LogP contribution in [0.2, 0.25) is 0 Å². The van der Waals surface area contributed by atoms with Gasteiger partial charge in [0.05, 0.1) is 6.61 Å². The Morgan fingerprint density at radius 3 is 3.00 bits per heavy atom.